The Morgan fingerprint density at radius 3 is 2.64 bits per heavy atom. The van der Waals surface area contributed by atoms with E-state index in [4.69, 9.17) is 5.73 Å². The van der Waals surface area contributed by atoms with Gasteiger partial charge in [-0.25, -0.2) is 0 Å². The van der Waals surface area contributed by atoms with Crippen molar-refractivity contribution >= 4 is 5.69 Å². The van der Waals surface area contributed by atoms with Gasteiger partial charge >= 0.3 is 0 Å². The van der Waals surface area contributed by atoms with Crippen molar-refractivity contribution in [1.82, 2.24) is 0 Å². The molecule has 1 aromatic carbocycles. The maximum Gasteiger partial charge on any atom is 0.0347 e. The Balaban J connectivity index is 2.39. The smallest absolute Gasteiger partial charge is 0.0347 e. The van der Waals surface area contributed by atoms with E-state index in [9.17, 15) is 0 Å². The lowest BCUT2D eigenvalue weighted by molar-refractivity contribution is 1.32. The minimum Gasteiger partial charge on any atom is -0.405 e. The predicted molar refractivity (Wildman–Crippen MR) is 48.3 cm³/mol. The lowest BCUT2D eigenvalue weighted by Gasteiger charge is -2.00. The van der Waals surface area contributed by atoms with Gasteiger partial charge in [-0.3, -0.25) is 0 Å². The minimum atomic E-state index is 0.778. The third-order valence-electron chi connectivity index (χ3n) is 1.33. The quantitative estimate of drug-likeness (QED) is 0.682. The van der Waals surface area contributed by atoms with E-state index in [2.05, 4.69) is 5.32 Å². The normalized spacial score (nSPS) is 10.2. The molecule has 0 unspecified atom stereocenters. The third kappa shape index (κ3) is 2.76. The molecule has 0 radical (unpaired) electrons. The summed E-state index contributed by atoms with van der Waals surface area (Å²) in [7, 11) is 0. The zero-order chi connectivity index (χ0) is 7.94. The first-order chi connectivity index (χ1) is 5.43. The van der Waals surface area contributed by atoms with E-state index >= 15 is 0 Å². The molecule has 0 aromatic heterocycles. The zero-order valence-electron chi connectivity index (χ0n) is 6.33. The fraction of sp³-hybridized carbons (Fsp3) is 0.111. The van der Waals surface area contributed by atoms with Gasteiger partial charge in [-0.2, -0.15) is 0 Å². The van der Waals surface area contributed by atoms with Gasteiger partial charge in [0.2, 0.25) is 0 Å². The zero-order valence-corrected chi connectivity index (χ0v) is 6.33. The molecule has 1 aromatic rings. The van der Waals surface area contributed by atoms with E-state index in [0.29, 0.717) is 0 Å². The molecule has 0 fully saturated rings. The Kier molecular flexibility index (Phi) is 3.06. The van der Waals surface area contributed by atoms with Crippen LogP contribution < -0.4 is 11.1 Å². The van der Waals surface area contributed by atoms with Gasteiger partial charge in [0.1, 0.15) is 0 Å². The van der Waals surface area contributed by atoms with E-state index in [1.807, 2.05) is 36.4 Å². The third-order valence-corrected chi connectivity index (χ3v) is 1.33. The van der Waals surface area contributed by atoms with E-state index in [-0.39, 0.29) is 0 Å². The Morgan fingerprint density at radius 1 is 1.27 bits per heavy atom. The summed E-state index contributed by atoms with van der Waals surface area (Å²) in [6.45, 7) is 0.778. The second-order valence-corrected chi connectivity index (χ2v) is 2.18. The summed E-state index contributed by atoms with van der Waals surface area (Å²) in [5.74, 6) is 0. The molecular weight excluding hydrogens is 136 g/mol. The Bertz CT molecular complexity index is 216. The second-order valence-electron chi connectivity index (χ2n) is 2.18. The summed E-state index contributed by atoms with van der Waals surface area (Å²) >= 11 is 0. The monoisotopic (exact) mass is 148 g/mol. The molecule has 58 valence electrons. The maximum atomic E-state index is 5.17. The standard InChI is InChI=1S/C9H12N2/c10-7-4-8-11-9-5-2-1-3-6-9/h1-7,11H,8,10H2/b7-4-. The molecule has 0 saturated carbocycles. The molecule has 0 aliphatic heterocycles. The van der Waals surface area contributed by atoms with Crippen LogP contribution in [0.25, 0.3) is 0 Å². The average molecular weight is 148 g/mol. The predicted octanol–water partition coefficient (Wildman–Crippen LogP) is 1.57. The molecular formula is C9H12N2. The van der Waals surface area contributed by atoms with Crippen LogP contribution in [0.2, 0.25) is 0 Å². The minimum absolute atomic E-state index is 0.778. The number of nitrogens with one attached hydrogen (secondary N) is 1. The summed E-state index contributed by atoms with van der Waals surface area (Å²) in [6.07, 6.45) is 3.41. The second kappa shape index (κ2) is 4.39. The molecule has 11 heavy (non-hydrogen) atoms. The van der Waals surface area contributed by atoms with Crippen molar-refractivity contribution in [2.75, 3.05) is 11.9 Å². The highest BCUT2D eigenvalue weighted by Gasteiger charge is 1.83. The average Bonchev–Trinajstić information content (AvgIpc) is 2.07. The van der Waals surface area contributed by atoms with Crippen molar-refractivity contribution in [3.8, 4) is 0 Å². The highest BCUT2D eigenvalue weighted by Crippen LogP contribution is 2.03. The van der Waals surface area contributed by atoms with Crippen LogP contribution in [0.3, 0.4) is 0 Å². The van der Waals surface area contributed by atoms with Crippen LogP contribution in [0, 0.1) is 0 Å². The van der Waals surface area contributed by atoms with Gasteiger partial charge in [0.25, 0.3) is 0 Å². The number of benzene rings is 1. The summed E-state index contributed by atoms with van der Waals surface area (Å²) < 4.78 is 0. The van der Waals surface area contributed by atoms with Crippen molar-refractivity contribution in [2.45, 2.75) is 0 Å². The molecule has 1 rings (SSSR count). The summed E-state index contributed by atoms with van der Waals surface area (Å²) in [5.41, 5.74) is 6.29. The molecule has 0 heterocycles. The molecule has 2 heteroatoms. The molecule has 0 aliphatic rings. The summed E-state index contributed by atoms with van der Waals surface area (Å²) in [5, 5.41) is 3.18. The van der Waals surface area contributed by atoms with Crippen LogP contribution in [0.15, 0.2) is 42.6 Å². The number of hydrogen-bond acceptors (Lipinski definition) is 2. The molecule has 0 amide bonds. The van der Waals surface area contributed by atoms with Crippen LogP contribution in [-0.2, 0) is 0 Å². The number of anilines is 1. The number of nitrogens with two attached hydrogens (primary N) is 1. The number of hydrogen-bond donors (Lipinski definition) is 2. The summed E-state index contributed by atoms with van der Waals surface area (Å²) in [4.78, 5) is 0. The van der Waals surface area contributed by atoms with E-state index < -0.39 is 0 Å². The molecule has 3 N–H and O–H groups in total. The van der Waals surface area contributed by atoms with Crippen LogP contribution in [0.4, 0.5) is 5.69 Å². The Hall–Kier alpha value is -1.44. The van der Waals surface area contributed by atoms with Crippen molar-refractivity contribution in [2.24, 2.45) is 5.73 Å². The van der Waals surface area contributed by atoms with Gasteiger partial charge in [-0.15, -0.1) is 0 Å². The van der Waals surface area contributed by atoms with Crippen molar-refractivity contribution in [1.29, 1.82) is 0 Å². The molecule has 0 atom stereocenters. The Morgan fingerprint density at radius 2 is 2.00 bits per heavy atom. The van der Waals surface area contributed by atoms with Crippen LogP contribution in [0.1, 0.15) is 0 Å². The highest BCUT2D eigenvalue weighted by atomic mass is 14.9. The largest absolute Gasteiger partial charge is 0.405 e. The fourth-order valence-corrected chi connectivity index (χ4v) is 0.801. The molecule has 0 bridgehead atoms. The lowest BCUT2D eigenvalue weighted by atomic mass is 10.3. The first-order valence-corrected chi connectivity index (χ1v) is 3.59. The topological polar surface area (TPSA) is 38.0 Å². The fourth-order valence-electron chi connectivity index (χ4n) is 0.801. The molecule has 0 aliphatic carbocycles. The molecule has 0 saturated heterocycles. The van der Waals surface area contributed by atoms with Gasteiger partial charge in [0.05, 0.1) is 0 Å². The summed E-state index contributed by atoms with van der Waals surface area (Å²) in [6, 6.07) is 10.0. The van der Waals surface area contributed by atoms with Crippen LogP contribution >= 0.6 is 0 Å². The van der Waals surface area contributed by atoms with Crippen LogP contribution in [0.5, 0.6) is 0 Å². The van der Waals surface area contributed by atoms with Crippen molar-refractivity contribution in [3.63, 3.8) is 0 Å². The van der Waals surface area contributed by atoms with Crippen LogP contribution in [-0.4, -0.2) is 6.54 Å². The van der Waals surface area contributed by atoms with E-state index in [1.165, 1.54) is 6.20 Å². The van der Waals surface area contributed by atoms with Gasteiger partial charge < -0.3 is 11.1 Å². The SMILES string of the molecule is N/C=C\CNc1ccccc1. The lowest BCUT2D eigenvalue weighted by Crippen LogP contribution is -1.98. The maximum absolute atomic E-state index is 5.17. The van der Waals surface area contributed by atoms with Gasteiger partial charge in [-0.1, -0.05) is 18.2 Å². The van der Waals surface area contributed by atoms with Gasteiger partial charge in [0, 0.05) is 12.2 Å². The highest BCUT2D eigenvalue weighted by molar-refractivity contribution is 5.42. The first-order valence-electron chi connectivity index (χ1n) is 3.59. The van der Waals surface area contributed by atoms with Gasteiger partial charge in [-0.05, 0) is 24.4 Å². The van der Waals surface area contributed by atoms with Crippen molar-refractivity contribution in [3.05, 3.63) is 42.6 Å². The first kappa shape index (κ1) is 7.66. The van der Waals surface area contributed by atoms with Gasteiger partial charge in [0.15, 0.2) is 0 Å². The molecule has 0 spiro atoms. The van der Waals surface area contributed by atoms with E-state index in [0.717, 1.165) is 12.2 Å². The molecule has 2 nitrogen and oxygen atoms in total. The van der Waals surface area contributed by atoms with E-state index in [1.54, 1.807) is 0 Å². The Labute approximate surface area is 66.7 Å². The van der Waals surface area contributed by atoms with Crippen molar-refractivity contribution < 1.29 is 0 Å². The number of rotatable bonds is 3. The number of para-hydroxylation sites is 1.